The van der Waals surface area contributed by atoms with Crippen molar-refractivity contribution < 1.29 is 0 Å². The third kappa shape index (κ3) is 4.48. The third-order valence-corrected chi connectivity index (χ3v) is 2.77. The molecule has 92 valence electrons. The van der Waals surface area contributed by atoms with Gasteiger partial charge >= 0.3 is 0 Å². The number of hydrogen-bond donors (Lipinski definition) is 1. The minimum atomic E-state index is 0.710. The lowest BCUT2D eigenvalue weighted by atomic mass is 10.0. The topological polar surface area (TPSA) is 12.0 Å². The molecule has 0 unspecified atom stereocenters. The van der Waals surface area contributed by atoms with Gasteiger partial charge in [-0.05, 0) is 36.5 Å². The zero-order valence-corrected chi connectivity index (χ0v) is 11.3. The van der Waals surface area contributed by atoms with Crippen molar-refractivity contribution in [2.75, 3.05) is 7.05 Å². The average molecular weight is 229 g/mol. The first-order valence-electron chi connectivity index (χ1n) is 6.25. The highest BCUT2D eigenvalue weighted by atomic mass is 14.8. The molecule has 0 atom stereocenters. The first-order valence-corrected chi connectivity index (χ1v) is 6.25. The van der Waals surface area contributed by atoms with Gasteiger partial charge < -0.3 is 5.32 Å². The summed E-state index contributed by atoms with van der Waals surface area (Å²) in [5.74, 6) is 0.710. The molecule has 0 heterocycles. The highest BCUT2D eigenvalue weighted by Crippen LogP contribution is 2.17. The number of likely N-dealkylation sites (N-methyl/N-ethyl adjacent to an activating group) is 1. The second kappa shape index (κ2) is 6.95. The molecule has 1 rings (SSSR count). The van der Waals surface area contributed by atoms with Crippen LogP contribution in [-0.4, -0.2) is 7.05 Å². The van der Waals surface area contributed by atoms with Crippen LogP contribution in [0.1, 0.15) is 32.8 Å². The molecule has 0 aliphatic carbocycles. The molecule has 0 fully saturated rings. The minimum Gasteiger partial charge on any atom is -0.388 e. The highest BCUT2D eigenvalue weighted by molar-refractivity contribution is 5.68. The quantitative estimate of drug-likeness (QED) is 0.745. The molecular formula is C16H23N. The first kappa shape index (κ1) is 13.6. The van der Waals surface area contributed by atoms with E-state index in [9.17, 15) is 0 Å². The van der Waals surface area contributed by atoms with Crippen LogP contribution in [0.15, 0.2) is 48.2 Å². The minimum absolute atomic E-state index is 0.710. The van der Waals surface area contributed by atoms with Crippen molar-refractivity contribution in [3.05, 3.63) is 53.7 Å². The Hall–Kier alpha value is -1.50. The Balaban J connectivity index is 2.87. The largest absolute Gasteiger partial charge is 0.388 e. The third-order valence-electron chi connectivity index (χ3n) is 2.77. The number of hydrogen-bond acceptors (Lipinski definition) is 1. The Bertz CT molecular complexity index is 385. The molecule has 0 aromatic heterocycles. The molecule has 0 radical (unpaired) electrons. The van der Waals surface area contributed by atoms with Gasteiger partial charge in [0.15, 0.2) is 0 Å². The Morgan fingerprint density at radius 3 is 2.41 bits per heavy atom. The SMILES string of the molecule is CNC(/C=C\CC(C)C)=C(/C)c1ccccc1. The van der Waals surface area contributed by atoms with E-state index in [1.807, 2.05) is 13.1 Å². The lowest BCUT2D eigenvalue weighted by Gasteiger charge is -2.08. The maximum absolute atomic E-state index is 3.27. The molecule has 17 heavy (non-hydrogen) atoms. The van der Waals surface area contributed by atoms with Crippen LogP contribution in [0, 0.1) is 5.92 Å². The number of benzene rings is 1. The summed E-state index contributed by atoms with van der Waals surface area (Å²) in [6, 6.07) is 10.5. The fourth-order valence-electron chi connectivity index (χ4n) is 1.70. The van der Waals surface area contributed by atoms with Crippen molar-refractivity contribution in [3.8, 4) is 0 Å². The van der Waals surface area contributed by atoms with Crippen molar-refractivity contribution in [2.45, 2.75) is 27.2 Å². The van der Waals surface area contributed by atoms with Crippen molar-refractivity contribution in [3.63, 3.8) is 0 Å². The summed E-state index contributed by atoms with van der Waals surface area (Å²) in [4.78, 5) is 0. The smallest absolute Gasteiger partial charge is 0.0370 e. The zero-order chi connectivity index (χ0) is 12.7. The summed E-state index contributed by atoms with van der Waals surface area (Å²) in [5, 5.41) is 3.27. The van der Waals surface area contributed by atoms with Gasteiger partial charge in [-0.15, -0.1) is 0 Å². The maximum Gasteiger partial charge on any atom is 0.0370 e. The summed E-state index contributed by atoms with van der Waals surface area (Å²) in [7, 11) is 1.97. The monoisotopic (exact) mass is 229 g/mol. The van der Waals surface area contributed by atoms with Crippen LogP contribution < -0.4 is 5.32 Å². The standard InChI is InChI=1S/C16H23N/c1-13(2)9-8-12-16(17-4)14(3)15-10-6-5-7-11-15/h5-8,10-13,17H,9H2,1-4H3/b12-8-,16-14-. The van der Waals surface area contributed by atoms with Crippen LogP contribution in [0.5, 0.6) is 0 Å². The molecule has 1 aromatic rings. The van der Waals surface area contributed by atoms with E-state index in [0.717, 1.165) is 6.42 Å². The predicted molar refractivity (Wildman–Crippen MR) is 76.7 cm³/mol. The van der Waals surface area contributed by atoms with E-state index in [-0.39, 0.29) is 0 Å². The van der Waals surface area contributed by atoms with Crippen LogP contribution in [0.4, 0.5) is 0 Å². The van der Waals surface area contributed by atoms with E-state index in [0.29, 0.717) is 5.92 Å². The number of rotatable bonds is 5. The molecule has 0 saturated carbocycles. The lowest BCUT2D eigenvalue weighted by Crippen LogP contribution is -2.05. The summed E-state index contributed by atoms with van der Waals surface area (Å²) in [6.07, 6.45) is 5.54. The number of allylic oxidation sites excluding steroid dienone is 3. The summed E-state index contributed by atoms with van der Waals surface area (Å²) in [5.41, 5.74) is 3.75. The van der Waals surface area contributed by atoms with Crippen molar-refractivity contribution in [1.82, 2.24) is 5.32 Å². The van der Waals surface area contributed by atoms with Gasteiger partial charge in [0.05, 0.1) is 0 Å². The molecule has 0 bridgehead atoms. The van der Waals surface area contributed by atoms with Crippen LogP contribution >= 0.6 is 0 Å². The molecule has 0 aliphatic rings. The molecule has 1 heteroatoms. The Kier molecular flexibility index (Phi) is 5.55. The summed E-state index contributed by atoms with van der Waals surface area (Å²) < 4.78 is 0. The van der Waals surface area contributed by atoms with Gasteiger partial charge in [-0.25, -0.2) is 0 Å². The second-order valence-electron chi connectivity index (χ2n) is 4.69. The summed E-state index contributed by atoms with van der Waals surface area (Å²) in [6.45, 7) is 6.62. The fraction of sp³-hybridized carbons (Fsp3) is 0.375. The van der Waals surface area contributed by atoms with E-state index in [1.54, 1.807) is 0 Å². The molecule has 1 nitrogen and oxygen atoms in total. The van der Waals surface area contributed by atoms with Crippen LogP contribution in [0.3, 0.4) is 0 Å². The molecule has 0 spiro atoms. The Morgan fingerprint density at radius 2 is 1.88 bits per heavy atom. The van der Waals surface area contributed by atoms with E-state index in [4.69, 9.17) is 0 Å². The molecule has 1 N–H and O–H groups in total. The van der Waals surface area contributed by atoms with Gasteiger partial charge in [-0.3, -0.25) is 0 Å². The molecule has 0 aliphatic heterocycles. The van der Waals surface area contributed by atoms with Crippen LogP contribution in [-0.2, 0) is 0 Å². The molecular weight excluding hydrogens is 206 g/mol. The van der Waals surface area contributed by atoms with E-state index in [1.165, 1.54) is 16.8 Å². The lowest BCUT2D eigenvalue weighted by molar-refractivity contribution is 0.663. The van der Waals surface area contributed by atoms with Gasteiger partial charge in [0, 0.05) is 12.7 Å². The molecule has 0 amide bonds. The summed E-state index contributed by atoms with van der Waals surface area (Å²) >= 11 is 0. The van der Waals surface area contributed by atoms with Gasteiger partial charge in [0.1, 0.15) is 0 Å². The van der Waals surface area contributed by atoms with E-state index < -0.39 is 0 Å². The van der Waals surface area contributed by atoms with E-state index in [2.05, 4.69) is 62.5 Å². The number of nitrogens with one attached hydrogen (secondary N) is 1. The van der Waals surface area contributed by atoms with Crippen LogP contribution in [0.2, 0.25) is 0 Å². The Labute approximate surface area is 105 Å². The zero-order valence-electron chi connectivity index (χ0n) is 11.3. The fourth-order valence-corrected chi connectivity index (χ4v) is 1.70. The Morgan fingerprint density at radius 1 is 1.24 bits per heavy atom. The first-order chi connectivity index (χ1) is 8.15. The van der Waals surface area contributed by atoms with Crippen molar-refractivity contribution in [1.29, 1.82) is 0 Å². The predicted octanol–water partition coefficient (Wildman–Crippen LogP) is 4.24. The maximum atomic E-state index is 3.27. The van der Waals surface area contributed by atoms with Crippen LogP contribution in [0.25, 0.3) is 5.57 Å². The average Bonchev–Trinajstić information content (AvgIpc) is 2.34. The second-order valence-corrected chi connectivity index (χ2v) is 4.69. The van der Waals surface area contributed by atoms with Gasteiger partial charge in [0.2, 0.25) is 0 Å². The highest BCUT2D eigenvalue weighted by Gasteiger charge is 1.99. The van der Waals surface area contributed by atoms with Gasteiger partial charge in [-0.2, -0.15) is 0 Å². The molecule has 1 aromatic carbocycles. The van der Waals surface area contributed by atoms with E-state index >= 15 is 0 Å². The normalized spacial score (nSPS) is 13.0. The van der Waals surface area contributed by atoms with Gasteiger partial charge in [0.25, 0.3) is 0 Å². The van der Waals surface area contributed by atoms with Crippen molar-refractivity contribution in [2.24, 2.45) is 5.92 Å². The van der Waals surface area contributed by atoms with Gasteiger partial charge in [-0.1, -0.05) is 50.3 Å². The van der Waals surface area contributed by atoms with Crippen molar-refractivity contribution >= 4 is 5.57 Å². The molecule has 0 saturated heterocycles.